The molecule has 0 aliphatic rings. The highest BCUT2D eigenvalue weighted by atomic mass is 28.4. The summed E-state index contributed by atoms with van der Waals surface area (Å²) in [7, 11) is -2.70. The molecular weight excluding hydrogens is 238 g/mol. The number of carbonyl (C=O) groups is 2. The molecular formula is C11H21NO4Si. The first-order valence-corrected chi connectivity index (χ1v) is 8.13. The number of nitrogens with one attached hydrogen (secondary N) is 1. The summed E-state index contributed by atoms with van der Waals surface area (Å²) in [5, 5.41) is 3.14. The maximum Gasteiger partial charge on any atom is 0.461 e. The van der Waals surface area contributed by atoms with Crippen LogP contribution < -0.4 is 5.32 Å². The summed E-state index contributed by atoms with van der Waals surface area (Å²) in [6.07, 6.45) is 2.56. The summed E-state index contributed by atoms with van der Waals surface area (Å²) in [4.78, 5) is 21.9. The molecule has 0 aromatic heterocycles. The van der Waals surface area contributed by atoms with Crippen LogP contribution in [0.1, 0.15) is 20.3 Å². The predicted octanol–water partition coefficient (Wildman–Crippen LogP) is 1.35. The molecule has 0 unspecified atom stereocenters. The number of rotatable bonds is 8. The molecule has 17 heavy (non-hydrogen) atoms. The van der Waals surface area contributed by atoms with Gasteiger partial charge < -0.3 is 14.2 Å². The zero-order chi connectivity index (χ0) is 13.3. The van der Waals surface area contributed by atoms with Gasteiger partial charge in [-0.05, 0) is 13.0 Å². The Kier molecular flexibility index (Phi) is 7.48. The number of carbonyl (C=O) groups excluding carboxylic acids is 2. The molecule has 0 fully saturated rings. The highest BCUT2D eigenvalue weighted by Gasteiger charge is 2.37. The third kappa shape index (κ3) is 8.64. The van der Waals surface area contributed by atoms with Crippen LogP contribution in [-0.2, 0) is 18.4 Å². The molecule has 0 saturated carbocycles. The first kappa shape index (κ1) is 15.9. The van der Waals surface area contributed by atoms with Crippen molar-refractivity contribution in [3.63, 3.8) is 0 Å². The molecule has 6 heteroatoms. The predicted molar refractivity (Wildman–Crippen MR) is 67.6 cm³/mol. The van der Waals surface area contributed by atoms with Gasteiger partial charge in [-0.3, -0.25) is 9.59 Å². The van der Waals surface area contributed by atoms with Gasteiger partial charge in [0.25, 0.3) is 11.9 Å². The third-order valence-electron chi connectivity index (χ3n) is 1.99. The molecule has 0 spiro atoms. The van der Waals surface area contributed by atoms with Gasteiger partial charge in [0, 0.05) is 33.0 Å². The van der Waals surface area contributed by atoms with Crippen molar-refractivity contribution in [2.45, 2.75) is 32.9 Å². The lowest BCUT2D eigenvalue weighted by atomic mass is 10.4. The fourth-order valence-corrected chi connectivity index (χ4v) is 3.75. The van der Waals surface area contributed by atoms with E-state index in [1.165, 1.54) is 13.8 Å². The molecule has 5 nitrogen and oxygen atoms in total. The second-order valence-electron chi connectivity index (χ2n) is 3.92. The quantitative estimate of drug-likeness (QED) is 0.405. The van der Waals surface area contributed by atoms with Gasteiger partial charge >= 0.3 is 8.56 Å². The van der Waals surface area contributed by atoms with Gasteiger partial charge in [0.2, 0.25) is 0 Å². The summed E-state index contributed by atoms with van der Waals surface area (Å²) >= 11 is 0. The van der Waals surface area contributed by atoms with E-state index >= 15 is 0 Å². The van der Waals surface area contributed by atoms with Crippen LogP contribution in [0, 0.1) is 0 Å². The first-order chi connectivity index (χ1) is 7.89. The molecule has 0 atom stereocenters. The Morgan fingerprint density at radius 2 is 1.82 bits per heavy atom. The molecule has 0 aliphatic carbocycles. The van der Waals surface area contributed by atoms with Crippen LogP contribution in [0.4, 0.5) is 0 Å². The maximum atomic E-state index is 11.0. The van der Waals surface area contributed by atoms with Gasteiger partial charge in [0.05, 0.1) is 0 Å². The second kappa shape index (κ2) is 8.02. The summed E-state index contributed by atoms with van der Waals surface area (Å²) in [5.74, 6) is -0.807. The van der Waals surface area contributed by atoms with Gasteiger partial charge in [-0.25, -0.2) is 0 Å². The van der Waals surface area contributed by atoms with Crippen LogP contribution in [0.15, 0.2) is 12.7 Å². The van der Waals surface area contributed by atoms with Crippen LogP contribution in [0.5, 0.6) is 0 Å². The third-order valence-corrected chi connectivity index (χ3v) is 4.69. The van der Waals surface area contributed by atoms with E-state index in [0.717, 1.165) is 19.5 Å². The minimum absolute atomic E-state index is 0.403. The zero-order valence-electron chi connectivity index (χ0n) is 10.7. The van der Waals surface area contributed by atoms with E-state index < -0.39 is 20.5 Å². The van der Waals surface area contributed by atoms with Crippen molar-refractivity contribution in [2.24, 2.45) is 0 Å². The van der Waals surface area contributed by atoms with Crippen molar-refractivity contribution >= 4 is 20.5 Å². The van der Waals surface area contributed by atoms with Crippen LogP contribution in [0.3, 0.4) is 0 Å². The first-order valence-electron chi connectivity index (χ1n) is 5.60. The maximum absolute atomic E-state index is 11.0. The molecule has 1 N–H and O–H groups in total. The Morgan fingerprint density at radius 1 is 1.29 bits per heavy atom. The molecule has 0 rings (SSSR count). The van der Waals surface area contributed by atoms with Crippen molar-refractivity contribution in [3.05, 3.63) is 12.7 Å². The van der Waals surface area contributed by atoms with Crippen LogP contribution >= 0.6 is 0 Å². The zero-order valence-corrected chi connectivity index (χ0v) is 11.7. The van der Waals surface area contributed by atoms with Gasteiger partial charge in [0.15, 0.2) is 0 Å². The van der Waals surface area contributed by atoms with Gasteiger partial charge in [-0.2, -0.15) is 0 Å². The van der Waals surface area contributed by atoms with Crippen molar-refractivity contribution in [3.8, 4) is 0 Å². The SMILES string of the molecule is C=CCNCCC[Si](C)(OC(C)=O)OC(C)=O. The van der Waals surface area contributed by atoms with Crippen molar-refractivity contribution in [1.29, 1.82) is 0 Å². The monoisotopic (exact) mass is 259 g/mol. The lowest BCUT2D eigenvalue weighted by Gasteiger charge is -2.24. The molecule has 0 aromatic carbocycles. The molecule has 0 aliphatic heterocycles. The van der Waals surface area contributed by atoms with E-state index in [1.807, 2.05) is 0 Å². The van der Waals surface area contributed by atoms with E-state index in [1.54, 1.807) is 12.6 Å². The summed E-state index contributed by atoms with van der Waals surface area (Å²) < 4.78 is 10.3. The lowest BCUT2D eigenvalue weighted by Crippen LogP contribution is -2.42. The topological polar surface area (TPSA) is 64.6 Å². The van der Waals surface area contributed by atoms with Crippen molar-refractivity contribution < 1.29 is 18.4 Å². The van der Waals surface area contributed by atoms with E-state index in [0.29, 0.717) is 6.04 Å². The highest BCUT2D eigenvalue weighted by molar-refractivity contribution is 6.69. The summed E-state index contributed by atoms with van der Waals surface area (Å²) in [5.41, 5.74) is 0. The van der Waals surface area contributed by atoms with E-state index in [9.17, 15) is 9.59 Å². The molecule has 0 heterocycles. The highest BCUT2D eigenvalue weighted by Crippen LogP contribution is 2.16. The fraction of sp³-hybridized carbons (Fsp3) is 0.636. The smallest absolute Gasteiger partial charge is 0.461 e. The molecule has 0 aromatic rings. The largest absolute Gasteiger partial charge is 0.485 e. The molecule has 0 radical (unpaired) electrons. The minimum Gasteiger partial charge on any atom is -0.485 e. The number of hydrogen-bond acceptors (Lipinski definition) is 5. The molecule has 0 bridgehead atoms. The lowest BCUT2D eigenvalue weighted by molar-refractivity contribution is -0.138. The molecule has 98 valence electrons. The minimum atomic E-state index is -2.70. The molecule has 0 amide bonds. The second-order valence-corrected chi connectivity index (χ2v) is 7.09. The fourth-order valence-electron chi connectivity index (χ4n) is 1.47. The number of hydrogen-bond donors (Lipinski definition) is 1. The normalized spacial score (nSPS) is 10.8. The van der Waals surface area contributed by atoms with E-state index in [2.05, 4.69) is 11.9 Å². The Hall–Kier alpha value is -1.14. The van der Waals surface area contributed by atoms with Gasteiger partial charge in [-0.1, -0.05) is 6.08 Å². The average Bonchev–Trinajstić information content (AvgIpc) is 2.14. The Balaban J connectivity index is 4.13. The Bertz CT molecular complexity index is 265. The summed E-state index contributed by atoms with van der Waals surface area (Å²) in [6, 6.07) is 0.594. The van der Waals surface area contributed by atoms with Gasteiger partial charge in [0.1, 0.15) is 0 Å². The van der Waals surface area contributed by atoms with Crippen LogP contribution in [-0.4, -0.2) is 33.6 Å². The Morgan fingerprint density at radius 3 is 2.24 bits per heavy atom. The van der Waals surface area contributed by atoms with Crippen LogP contribution in [0.2, 0.25) is 12.6 Å². The average molecular weight is 259 g/mol. The van der Waals surface area contributed by atoms with Gasteiger partial charge in [-0.15, -0.1) is 6.58 Å². The summed E-state index contributed by atoms with van der Waals surface area (Å²) in [6.45, 7) is 9.48. The van der Waals surface area contributed by atoms with E-state index in [4.69, 9.17) is 8.85 Å². The van der Waals surface area contributed by atoms with Crippen molar-refractivity contribution in [1.82, 2.24) is 5.32 Å². The van der Waals surface area contributed by atoms with Crippen molar-refractivity contribution in [2.75, 3.05) is 13.1 Å². The Labute approximate surface area is 103 Å². The molecule has 0 saturated heterocycles. The standard InChI is InChI=1S/C11H21NO4Si/c1-5-7-12-8-6-9-17(4,15-10(2)13)16-11(3)14/h5,12H,1,6-9H2,2-4H3. The van der Waals surface area contributed by atoms with Crippen LogP contribution in [0.25, 0.3) is 0 Å². The van der Waals surface area contributed by atoms with E-state index in [-0.39, 0.29) is 0 Å².